The van der Waals surface area contributed by atoms with Crippen LogP contribution in [0.15, 0.2) is 60.7 Å². The van der Waals surface area contributed by atoms with E-state index in [0.29, 0.717) is 5.82 Å². The van der Waals surface area contributed by atoms with Crippen molar-refractivity contribution in [3.8, 4) is 11.4 Å². The molecule has 0 spiro atoms. The second kappa shape index (κ2) is 9.36. The van der Waals surface area contributed by atoms with Crippen molar-refractivity contribution < 1.29 is 9.53 Å². The number of carbonyl (C=O) groups is 1. The van der Waals surface area contributed by atoms with E-state index < -0.39 is 10.8 Å². The van der Waals surface area contributed by atoms with Gasteiger partial charge in [-0.2, -0.15) is 5.10 Å². The van der Waals surface area contributed by atoms with Crippen molar-refractivity contribution in [1.29, 1.82) is 0 Å². The van der Waals surface area contributed by atoms with E-state index in [-0.39, 0.29) is 5.91 Å². The molecular formula is C23H28N4O2S. The molecule has 0 bridgehead atoms. The SMILES string of the molecule is COc1ccc(CSC(C)(C)[C@H](N)C(=O)Nc2cc(C)nn2-c2ccccc2)cc1. The first-order chi connectivity index (χ1) is 14.3. The quantitative estimate of drug-likeness (QED) is 0.567. The van der Waals surface area contributed by atoms with Crippen molar-refractivity contribution in [2.24, 2.45) is 5.73 Å². The van der Waals surface area contributed by atoms with E-state index in [1.165, 1.54) is 0 Å². The van der Waals surface area contributed by atoms with E-state index >= 15 is 0 Å². The predicted octanol–water partition coefficient (Wildman–Crippen LogP) is 4.17. The van der Waals surface area contributed by atoms with Gasteiger partial charge in [0.25, 0.3) is 0 Å². The summed E-state index contributed by atoms with van der Waals surface area (Å²) < 4.78 is 6.46. The van der Waals surface area contributed by atoms with E-state index in [4.69, 9.17) is 10.5 Å². The number of amides is 1. The third-order valence-electron chi connectivity index (χ3n) is 4.88. The molecule has 0 aliphatic rings. The monoisotopic (exact) mass is 424 g/mol. The summed E-state index contributed by atoms with van der Waals surface area (Å²) in [5, 5.41) is 7.45. The molecule has 1 amide bonds. The first-order valence-electron chi connectivity index (χ1n) is 9.75. The minimum Gasteiger partial charge on any atom is -0.497 e. The van der Waals surface area contributed by atoms with Crippen molar-refractivity contribution in [2.75, 3.05) is 12.4 Å². The van der Waals surface area contributed by atoms with Crippen LogP contribution in [0.1, 0.15) is 25.1 Å². The maximum Gasteiger partial charge on any atom is 0.243 e. The Labute approximate surface area is 181 Å². The number of nitrogens with one attached hydrogen (secondary N) is 1. The highest BCUT2D eigenvalue weighted by Gasteiger charge is 2.33. The van der Waals surface area contributed by atoms with Crippen LogP contribution in [0.25, 0.3) is 5.69 Å². The molecule has 1 aromatic heterocycles. The molecule has 3 aromatic rings. The number of para-hydroxylation sites is 1. The fourth-order valence-electron chi connectivity index (χ4n) is 2.96. The van der Waals surface area contributed by atoms with Crippen LogP contribution in [-0.2, 0) is 10.5 Å². The maximum absolute atomic E-state index is 12.9. The van der Waals surface area contributed by atoms with Gasteiger partial charge in [0, 0.05) is 16.6 Å². The van der Waals surface area contributed by atoms with Gasteiger partial charge in [-0.25, -0.2) is 4.68 Å². The molecule has 0 saturated heterocycles. The Hall–Kier alpha value is -2.77. The lowest BCUT2D eigenvalue weighted by atomic mass is 10.0. The number of nitrogens with zero attached hydrogens (tertiary/aromatic N) is 2. The average molecular weight is 425 g/mol. The van der Waals surface area contributed by atoms with Gasteiger partial charge in [0.1, 0.15) is 11.6 Å². The normalized spacial score (nSPS) is 12.4. The van der Waals surface area contributed by atoms with Crippen LogP contribution in [0.2, 0.25) is 0 Å². The second-order valence-electron chi connectivity index (χ2n) is 7.63. The third-order valence-corrected chi connectivity index (χ3v) is 6.36. The summed E-state index contributed by atoms with van der Waals surface area (Å²) in [6.07, 6.45) is 0. The number of nitrogens with two attached hydrogens (primary N) is 1. The van der Waals surface area contributed by atoms with E-state index in [1.807, 2.05) is 81.4 Å². The molecule has 1 atom stereocenters. The molecule has 7 heteroatoms. The number of anilines is 1. The Morgan fingerprint density at radius 2 is 1.87 bits per heavy atom. The number of methoxy groups -OCH3 is 1. The molecule has 3 N–H and O–H groups in total. The topological polar surface area (TPSA) is 82.2 Å². The second-order valence-corrected chi connectivity index (χ2v) is 9.25. The van der Waals surface area contributed by atoms with E-state index in [0.717, 1.165) is 28.4 Å². The molecular weight excluding hydrogens is 396 g/mol. The number of ether oxygens (including phenoxy) is 1. The van der Waals surface area contributed by atoms with Crippen molar-refractivity contribution in [3.05, 3.63) is 71.9 Å². The molecule has 2 aromatic carbocycles. The fraction of sp³-hybridized carbons (Fsp3) is 0.304. The summed E-state index contributed by atoms with van der Waals surface area (Å²) in [6.45, 7) is 5.88. The van der Waals surface area contributed by atoms with Gasteiger partial charge < -0.3 is 15.8 Å². The molecule has 0 radical (unpaired) electrons. The van der Waals surface area contributed by atoms with Crippen LogP contribution in [0.3, 0.4) is 0 Å². The Bertz CT molecular complexity index is 984. The standard InChI is InChI=1S/C23H28N4O2S/c1-16-14-20(27(26-16)18-8-6-5-7-9-18)25-22(28)21(24)23(2,3)30-15-17-10-12-19(29-4)13-11-17/h5-14,21H,15,24H2,1-4H3,(H,25,28)/t21-/m1/s1. The minimum atomic E-state index is -0.694. The van der Waals surface area contributed by atoms with Gasteiger partial charge >= 0.3 is 0 Å². The summed E-state index contributed by atoms with van der Waals surface area (Å²) in [7, 11) is 1.65. The van der Waals surface area contributed by atoms with Crippen LogP contribution in [0.4, 0.5) is 5.82 Å². The van der Waals surface area contributed by atoms with Crippen molar-refractivity contribution in [2.45, 2.75) is 37.3 Å². The van der Waals surface area contributed by atoms with E-state index in [9.17, 15) is 4.79 Å². The van der Waals surface area contributed by atoms with Gasteiger partial charge in [-0.1, -0.05) is 30.3 Å². The van der Waals surface area contributed by atoms with Crippen molar-refractivity contribution >= 4 is 23.5 Å². The van der Waals surface area contributed by atoms with Gasteiger partial charge in [-0.05, 0) is 50.6 Å². The molecule has 158 valence electrons. The number of thioether (sulfide) groups is 1. The molecule has 3 rings (SSSR count). The number of rotatable bonds is 8. The van der Waals surface area contributed by atoms with Crippen LogP contribution in [0.5, 0.6) is 5.75 Å². The minimum absolute atomic E-state index is 0.237. The largest absolute Gasteiger partial charge is 0.497 e. The lowest BCUT2D eigenvalue weighted by Gasteiger charge is -2.30. The molecule has 30 heavy (non-hydrogen) atoms. The zero-order chi connectivity index (χ0) is 21.7. The fourth-order valence-corrected chi connectivity index (χ4v) is 3.97. The van der Waals surface area contributed by atoms with Crippen molar-refractivity contribution in [3.63, 3.8) is 0 Å². The van der Waals surface area contributed by atoms with Crippen molar-refractivity contribution in [1.82, 2.24) is 9.78 Å². The Balaban J connectivity index is 1.67. The lowest BCUT2D eigenvalue weighted by Crippen LogP contribution is -2.49. The number of benzene rings is 2. The Morgan fingerprint density at radius 3 is 2.50 bits per heavy atom. The first-order valence-corrected chi connectivity index (χ1v) is 10.7. The smallest absolute Gasteiger partial charge is 0.243 e. The van der Waals surface area contributed by atoms with Crippen LogP contribution >= 0.6 is 11.8 Å². The Morgan fingerprint density at radius 1 is 1.20 bits per heavy atom. The summed E-state index contributed by atoms with van der Waals surface area (Å²) in [5.41, 5.74) is 9.21. The summed E-state index contributed by atoms with van der Waals surface area (Å²) in [6, 6.07) is 18.7. The Kier molecular flexibility index (Phi) is 6.84. The summed E-state index contributed by atoms with van der Waals surface area (Å²) >= 11 is 1.65. The highest BCUT2D eigenvalue weighted by molar-refractivity contribution is 7.99. The zero-order valence-electron chi connectivity index (χ0n) is 17.8. The average Bonchev–Trinajstić information content (AvgIpc) is 3.12. The highest BCUT2D eigenvalue weighted by Crippen LogP contribution is 2.31. The summed E-state index contributed by atoms with van der Waals surface area (Å²) in [5.74, 6) is 1.94. The number of hydrogen-bond donors (Lipinski definition) is 2. The number of carbonyl (C=O) groups excluding carboxylic acids is 1. The van der Waals surface area contributed by atoms with Crippen LogP contribution < -0.4 is 15.8 Å². The van der Waals surface area contributed by atoms with Gasteiger partial charge in [-0.15, -0.1) is 11.8 Å². The van der Waals surface area contributed by atoms with Gasteiger partial charge in [0.2, 0.25) is 5.91 Å². The molecule has 0 fully saturated rings. The van der Waals surface area contributed by atoms with Gasteiger partial charge in [0.15, 0.2) is 0 Å². The molecule has 0 aliphatic heterocycles. The zero-order valence-corrected chi connectivity index (χ0v) is 18.6. The number of aromatic nitrogens is 2. The first kappa shape index (κ1) is 21.9. The molecule has 1 heterocycles. The molecule has 6 nitrogen and oxygen atoms in total. The molecule has 0 unspecified atom stereocenters. The van der Waals surface area contributed by atoms with Gasteiger partial charge in [-0.3, -0.25) is 4.79 Å². The molecule has 0 aliphatic carbocycles. The highest BCUT2D eigenvalue weighted by atomic mass is 32.2. The lowest BCUT2D eigenvalue weighted by molar-refractivity contribution is -0.117. The van der Waals surface area contributed by atoms with E-state index in [1.54, 1.807) is 23.6 Å². The predicted molar refractivity (Wildman–Crippen MR) is 123 cm³/mol. The van der Waals surface area contributed by atoms with Crippen LogP contribution in [0, 0.1) is 6.92 Å². The van der Waals surface area contributed by atoms with E-state index in [2.05, 4.69) is 10.4 Å². The number of hydrogen-bond acceptors (Lipinski definition) is 5. The van der Waals surface area contributed by atoms with Gasteiger partial charge in [0.05, 0.1) is 24.5 Å². The van der Waals surface area contributed by atoms with Crippen LogP contribution in [-0.4, -0.2) is 33.6 Å². The maximum atomic E-state index is 12.9. The molecule has 0 saturated carbocycles. The number of aryl methyl sites for hydroxylation is 1. The third kappa shape index (κ3) is 5.23. The summed E-state index contributed by atoms with van der Waals surface area (Å²) in [4.78, 5) is 12.9.